The highest BCUT2D eigenvalue weighted by molar-refractivity contribution is 5.67. The van der Waals surface area contributed by atoms with Crippen LogP contribution in [0.15, 0.2) is 18.2 Å². The van der Waals surface area contributed by atoms with Crippen molar-refractivity contribution >= 4 is 6.09 Å². The van der Waals surface area contributed by atoms with Crippen LogP contribution in [0.1, 0.15) is 33.3 Å². The number of rotatable bonds is 5. The van der Waals surface area contributed by atoms with Crippen molar-refractivity contribution in [2.24, 2.45) is 5.41 Å². The summed E-state index contributed by atoms with van der Waals surface area (Å²) in [6.45, 7) is 6.52. The van der Waals surface area contributed by atoms with Gasteiger partial charge in [0.2, 0.25) is 0 Å². The zero-order chi connectivity index (χ0) is 17.0. The molecule has 2 N–H and O–H groups in total. The fraction of sp³-hybridized carbons (Fsp3) is 0.562. The lowest BCUT2D eigenvalue weighted by atomic mass is 9.84. The van der Waals surface area contributed by atoms with Gasteiger partial charge in [0.15, 0.2) is 0 Å². The van der Waals surface area contributed by atoms with Crippen LogP contribution < -0.4 is 5.32 Å². The third-order valence-corrected chi connectivity index (χ3v) is 3.11. The molecule has 0 spiro atoms. The quantitative estimate of drug-likeness (QED) is 0.878. The molecule has 1 aromatic carbocycles. The van der Waals surface area contributed by atoms with E-state index in [2.05, 4.69) is 5.32 Å². The molecule has 0 fully saturated rings. The van der Waals surface area contributed by atoms with Crippen molar-refractivity contribution in [2.75, 3.05) is 13.2 Å². The average molecular weight is 315 g/mol. The van der Waals surface area contributed by atoms with Crippen LogP contribution in [0.3, 0.4) is 0 Å². The van der Waals surface area contributed by atoms with Crippen LogP contribution in [0.4, 0.5) is 13.6 Å². The molecular weight excluding hydrogens is 292 g/mol. The van der Waals surface area contributed by atoms with Gasteiger partial charge in [-0.05, 0) is 39.3 Å². The third kappa shape index (κ3) is 5.60. The van der Waals surface area contributed by atoms with E-state index in [9.17, 15) is 18.7 Å². The maximum absolute atomic E-state index is 13.7. The van der Waals surface area contributed by atoms with Crippen molar-refractivity contribution in [2.45, 2.75) is 39.7 Å². The molecule has 0 saturated carbocycles. The van der Waals surface area contributed by atoms with Gasteiger partial charge in [0.05, 0.1) is 6.61 Å². The fourth-order valence-electron chi connectivity index (χ4n) is 1.90. The molecule has 0 aliphatic rings. The first kappa shape index (κ1) is 18.4. The normalized spacial score (nSPS) is 14.3. The van der Waals surface area contributed by atoms with Crippen LogP contribution >= 0.6 is 0 Å². The van der Waals surface area contributed by atoms with Gasteiger partial charge in [0.1, 0.15) is 17.2 Å². The van der Waals surface area contributed by atoms with Gasteiger partial charge in [-0.25, -0.2) is 13.6 Å². The van der Waals surface area contributed by atoms with E-state index in [0.717, 1.165) is 12.1 Å². The first-order valence-electron chi connectivity index (χ1n) is 7.07. The Kier molecular flexibility index (Phi) is 5.88. The van der Waals surface area contributed by atoms with Crippen molar-refractivity contribution in [1.82, 2.24) is 5.32 Å². The highest BCUT2D eigenvalue weighted by Crippen LogP contribution is 2.25. The van der Waals surface area contributed by atoms with Gasteiger partial charge in [0, 0.05) is 17.5 Å². The molecule has 1 amide bonds. The average Bonchev–Trinajstić information content (AvgIpc) is 2.39. The summed E-state index contributed by atoms with van der Waals surface area (Å²) in [5, 5.41) is 12.1. The van der Waals surface area contributed by atoms with Crippen molar-refractivity contribution in [1.29, 1.82) is 0 Å². The SMILES string of the molecule is CC(CO)(CNC(=O)OC(C)(C)C)Cc1c(F)cccc1F. The highest BCUT2D eigenvalue weighted by atomic mass is 19.1. The number of carbonyl (C=O) groups excluding carboxylic acids is 1. The van der Waals surface area contributed by atoms with E-state index in [1.165, 1.54) is 6.07 Å². The fourth-order valence-corrected chi connectivity index (χ4v) is 1.90. The predicted molar refractivity (Wildman–Crippen MR) is 79.5 cm³/mol. The number of carbonyl (C=O) groups is 1. The van der Waals surface area contributed by atoms with Gasteiger partial charge in [-0.15, -0.1) is 0 Å². The standard InChI is InChI=1S/C16H23F2NO3/c1-15(2,3)22-14(21)19-9-16(4,10-20)8-11-12(17)6-5-7-13(11)18/h5-7,20H,8-10H2,1-4H3,(H,19,21). The summed E-state index contributed by atoms with van der Waals surface area (Å²) in [4.78, 5) is 11.6. The van der Waals surface area contributed by atoms with Crippen molar-refractivity contribution in [3.63, 3.8) is 0 Å². The van der Waals surface area contributed by atoms with Crippen LogP contribution in [0.2, 0.25) is 0 Å². The van der Waals surface area contributed by atoms with Crippen molar-refractivity contribution in [3.8, 4) is 0 Å². The van der Waals surface area contributed by atoms with Gasteiger partial charge in [-0.3, -0.25) is 0 Å². The molecule has 0 aliphatic heterocycles. The van der Waals surface area contributed by atoms with Gasteiger partial charge < -0.3 is 15.2 Å². The number of aliphatic hydroxyl groups excluding tert-OH is 1. The summed E-state index contributed by atoms with van der Waals surface area (Å²) in [6, 6.07) is 3.61. The second kappa shape index (κ2) is 7.05. The van der Waals surface area contributed by atoms with Gasteiger partial charge >= 0.3 is 6.09 Å². The second-order valence-corrected chi connectivity index (χ2v) is 6.70. The molecule has 1 aromatic rings. The molecular formula is C16H23F2NO3. The van der Waals surface area contributed by atoms with E-state index in [0.29, 0.717) is 0 Å². The third-order valence-electron chi connectivity index (χ3n) is 3.11. The van der Waals surface area contributed by atoms with Crippen LogP contribution in [0, 0.1) is 17.0 Å². The summed E-state index contributed by atoms with van der Waals surface area (Å²) in [6.07, 6.45) is -0.682. The number of hydrogen-bond donors (Lipinski definition) is 2. The summed E-state index contributed by atoms with van der Waals surface area (Å²) in [5.74, 6) is -1.34. The maximum atomic E-state index is 13.7. The van der Waals surface area contributed by atoms with E-state index in [-0.39, 0.29) is 25.1 Å². The van der Waals surface area contributed by atoms with Gasteiger partial charge in [-0.2, -0.15) is 0 Å². The molecule has 0 bridgehead atoms. The van der Waals surface area contributed by atoms with Crippen LogP contribution in [-0.4, -0.2) is 30.0 Å². The predicted octanol–water partition coefficient (Wildman–Crippen LogP) is 3.03. The Balaban J connectivity index is 2.74. The number of nitrogens with one attached hydrogen (secondary N) is 1. The first-order chi connectivity index (χ1) is 10.1. The zero-order valence-electron chi connectivity index (χ0n) is 13.4. The number of alkyl carbamates (subject to hydrolysis) is 1. The minimum Gasteiger partial charge on any atom is -0.444 e. The first-order valence-corrected chi connectivity index (χ1v) is 7.07. The minimum atomic E-state index is -0.903. The molecule has 124 valence electrons. The molecule has 1 atom stereocenters. The highest BCUT2D eigenvalue weighted by Gasteiger charge is 2.28. The van der Waals surface area contributed by atoms with Crippen molar-refractivity contribution in [3.05, 3.63) is 35.4 Å². The molecule has 22 heavy (non-hydrogen) atoms. The summed E-state index contributed by atoms with van der Waals surface area (Å²) in [7, 11) is 0. The summed E-state index contributed by atoms with van der Waals surface area (Å²) in [5.41, 5.74) is -1.65. The molecule has 1 unspecified atom stereocenters. The van der Waals surface area contributed by atoms with Crippen LogP contribution in [-0.2, 0) is 11.2 Å². The molecule has 0 radical (unpaired) electrons. The van der Waals surface area contributed by atoms with E-state index in [1.807, 2.05) is 0 Å². The Hall–Kier alpha value is -1.69. The lowest BCUT2D eigenvalue weighted by Crippen LogP contribution is -2.42. The molecule has 0 aromatic heterocycles. The van der Waals surface area contributed by atoms with Crippen molar-refractivity contribution < 1.29 is 23.4 Å². The van der Waals surface area contributed by atoms with Gasteiger partial charge in [-0.1, -0.05) is 13.0 Å². The summed E-state index contributed by atoms with van der Waals surface area (Å²) >= 11 is 0. The number of hydrogen-bond acceptors (Lipinski definition) is 3. The van der Waals surface area contributed by atoms with E-state index in [4.69, 9.17) is 4.74 Å². The number of ether oxygens (including phenoxy) is 1. The monoisotopic (exact) mass is 315 g/mol. The molecule has 0 aliphatic carbocycles. The van der Waals surface area contributed by atoms with Crippen LogP contribution in [0.5, 0.6) is 0 Å². The van der Waals surface area contributed by atoms with Crippen LogP contribution in [0.25, 0.3) is 0 Å². The van der Waals surface area contributed by atoms with E-state index < -0.39 is 28.7 Å². The maximum Gasteiger partial charge on any atom is 0.407 e. The minimum absolute atomic E-state index is 0.0339. The number of amides is 1. The smallest absolute Gasteiger partial charge is 0.407 e. The molecule has 4 nitrogen and oxygen atoms in total. The topological polar surface area (TPSA) is 58.6 Å². The Morgan fingerprint density at radius 2 is 1.77 bits per heavy atom. The number of aliphatic hydroxyl groups is 1. The Morgan fingerprint density at radius 3 is 2.23 bits per heavy atom. The Bertz CT molecular complexity index is 508. The Morgan fingerprint density at radius 1 is 1.23 bits per heavy atom. The van der Waals surface area contributed by atoms with E-state index >= 15 is 0 Å². The number of halogens is 2. The molecule has 1 rings (SSSR count). The molecule has 6 heteroatoms. The van der Waals surface area contributed by atoms with Gasteiger partial charge in [0.25, 0.3) is 0 Å². The molecule has 0 saturated heterocycles. The summed E-state index contributed by atoms with van der Waals surface area (Å²) < 4.78 is 32.5. The largest absolute Gasteiger partial charge is 0.444 e. The molecule has 0 heterocycles. The van der Waals surface area contributed by atoms with E-state index in [1.54, 1.807) is 27.7 Å². The Labute approximate surface area is 129 Å². The number of benzene rings is 1. The second-order valence-electron chi connectivity index (χ2n) is 6.70. The lowest BCUT2D eigenvalue weighted by molar-refractivity contribution is 0.0477. The zero-order valence-corrected chi connectivity index (χ0v) is 13.4. The lowest BCUT2D eigenvalue weighted by Gasteiger charge is -2.29.